The summed E-state index contributed by atoms with van der Waals surface area (Å²) in [6.07, 6.45) is 11.6. The molecular weight excluding hydrogens is 220 g/mol. The number of para-hydroxylation sites is 1. The summed E-state index contributed by atoms with van der Waals surface area (Å²) in [6, 6.07) is 9.61. The third-order valence-corrected chi connectivity index (χ3v) is 4.48. The number of hydrogen-bond donors (Lipinski definition) is 0. The fourth-order valence-corrected chi connectivity index (χ4v) is 3.54. The first-order valence-electron chi connectivity index (χ1n) is 7.10. The van der Waals surface area contributed by atoms with E-state index in [4.69, 9.17) is 0 Å². The second-order valence-electron chi connectivity index (χ2n) is 5.65. The zero-order chi connectivity index (χ0) is 11.9. The van der Waals surface area contributed by atoms with Crippen molar-refractivity contribution in [3.8, 4) is 0 Å². The molecule has 0 atom stereocenters. The van der Waals surface area contributed by atoms with Crippen LogP contribution in [0.4, 0.5) is 0 Å². The van der Waals surface area contributed by atoms with Crippen LogP contribution >= 0.6 is 0 Å². The standard InChI is InChI=1S/C16H19N2/c1-2-7-15(8-3-1)18-11-14-6-4-5-13-9-10-17(12-18)16(13)14/h4-6,9-11,15H,1-3,7-8,12H2/q+1. The van der Waals surface area contributed by atoms with E-state index in [0.717, 1.165) is 12.7 Å². The molecule has 0 radical (unpaired) electrons. The number of rotatable bonds is 1. The molecule has 18 heavy (non-hydrogen) atoms. The molecule has 0 N–H and O–H groups in total. The van der Waals surface area contributed by atoms with Crippen LogP contribution in [0.25, 0.3) is 10.9 Å². The van der Waals surface area contributed by atoms with E-state index in [9.17, 15) is 0 Å². The lowest BCUT2D eigenvalue weighted by atomic mass is 9.95. The van der Waals surface area contributed by atoms with Crippen molar-refractivity contribution < 1.29 is 4.58 Å². The van der Waals surface area contributed by atoms with E-state index < -0.39 is 0 Å². The second-order valence-corrected chi connectivity index (χ2v) is 5.65. The fraction of sp³-hybridized carbons (Fsp3) is 0.438. The summed E-state index contributed by atoms with van der Waals surface area (Å²) >= 11 is 0. The average Bonchev–Trinajstić information content (AvgIpc) is 2.85. The van der Waals surface area contributed by atoms with Crippen molar-refractivity contribution >= 4 is 17.1 Å². The maximum Gasteiger partial charge on any atom is 0.222 e. The highest BCUT2D eigenvalue weighted by atomic mass is 15.2. The van der Waals surface area contributed by atoms with E-state index in [1.807, 2.05) is 0 Å². The maximum atomic E-state index is 2.56. The summed E-state index contributed by atoms with van der Waals surface area (Å²) in [4.78, 5) is 0. The predicted octanol–water partition coefficient (Wildman–Crippen LogP) is 3.38. The average molecular weight is 239 g/mol. The molecule has 2 aliphatic rings. The summed E-state index contributed by atoms with van der Waals surface area (Å²) in [5.74, 6) is 0. The normalized spacial score (nSPS) is 20.1. The minimum atomic E-state index is 0.754. The van der Waals surface area contributed by atoms with Crippen molar-refractivity contribution in [2.45, 2.75) is 44.8 Å². The van der Waals surface area contributed by atoms with Crippen molar-refractivity contribution in [2.24, 2.45) is 0 Å². The van der Waals surface area contributed by atoms with Gasteiger partial charge in [-0.15, -0.1) is 0 Å². The topological polar surface area (TPSA) is 7.94 Å². The lowest BCUT2D eigenvalue weighted by Gasteiger charge is -2.23. The second kappa shape index (κ2) is 3.98. The molecule has 0 bridgehead atoms. The fourth-order valence-electron chi connectivity index (χ4n) is 3.54. The third kappa shape index (κ3) is 1.52. The highest BCUT2D eigenvalue weighted by Gasteiger charge is 2.27. The van der Waals surface area contributed by atoms with Gasteiger partial charge in [-0.3, -0.25) is 4.57 Å². The Labute approximate surface area is 108 Å². The predicted molar refractivity (Wildman–Crippen MR) is 74.2 cm³/mol. The SMILES string of the molecule is C1=[N+](C2CCCCC2)Cn2ccc3cccc1c32. The Morgan fingerprint density at radius 1 is 1.06 bits per heavy atom. The molecule has 0 unspecified atom stereocenters. The third-order valence-electron chi connectivity index (χ3n) is 4.48. The number of nitrogens with zero attached hydrogens (tertiary/aromatic N) is 2. The van der Waals surface area contributed by atoms with E-state index >= 15 is 0 Å². The van der Waals surface area contributed by atoms with Gasteiger partial charge >= 0.3 is 0 Å². The molecule has 4 rings (SSSR count). The largest absolute Gasteiger partial charge is 0.291 e. The molecule has 1 aliphatic carbocycles. The molecule has 92 valence electrons. The lowest BCUT2D eigenvalue weighted by Crippen LogP contribution is -2.33. The molecule has 2 heteroatoms. The minimum absolute atomic E-state index is 0.754. The van der Waals surface area contributed by atoms with Crippen LogP contribution in [0, 0.1) is 0 Å². The van der Waals surface area contributed by atoms with Gasteiger partial charge in [0.1, 0.15) is 0 Å². The van der Waals surface area contributed by atoms with Crippen molar-refractivity contribution in [3.05, 3.63) is 36.0 Å². The Morgan fingerprint density at radius 2 is 1.94 bits per heavy atom. The van der Waals surface area contributed by atoms with Crippen LogP contribution in [0.15, 0.2) is 30.5 Å². The molecule has 1 fully saturated rings. The molecule has 2 aromatic rings. The van der Waals surface area contributed by atoms with E-state index in [1.165, 1.54) is 48.6 Å². The van der Waals surface area contributed by atoms with E-state index in [-0.39, 0.29) is 0 Å². The Kier molecular flexibility index (Phi) is 2.29. The lowest BCUT2D eigenvalue weighted by molar-refractivity contribution is -0.594. The van der Waals surface area contributed by atoms with Gasteiger partial charge in [0, 0.05) is 24.4 Å². The van der Waals surface area contributed by atoms with Crippen molar-refractivity contribution in [1.29, 1.82) is 0 Å². The van der Waals surface area contributed by atoms with Gasteiger partial charge in [0.2, 0.25) is 6.67 Å². The van der Waals surface area contributed by atoms with E-state index in [2.05, 4.69) is 45.8 Å². The molecule has 2 heterocycles. The van der Waals surface area contributed by atoms with E-state index in [1.54, 1.807) is 0 Å². The minimum Gasteiger partial charge on any atom is -0.291 e. The Hall–Kier alpha value is -1.57. The molecule has 1 aromatic heterocycles. The molecular formula is C16H19N2+. The maximum absolute atomic E-state index is 2.56. The smallest absolute Gasteiger partial charge is 0.222 e. The van der Waals surface area contributed by atoms with Crippen molar-refractivity contribution in [2.75, 3.05) is 0 Å². The zero-order valence-corrected chi connectivity index (χ0v) is 10.7. The van der Waals surface area contributed by atoms with Crippen LogP contribution in [0.1, 0.15) is 37.7 Å². The van der Waals surface area contributed by atoms with E-state index in [0.29, 0.717) is 0 Å². The highest BCUT2D eigenvalue weighted by Crippen LogP contribution is 2.26. The first-order chi connectivity index (χ1) is 8.92. The van der Waals surface area contributed by atoms with Crippen LogP contribution in [0.3, 0.4) is 0 Å². The first-order valence-corrected chi connectivity index (χ1v) is 7.10. The van der Waals surface area contributed by atoms with Gasteiger partial charge in [0.05, 0.1) is 11.1 Å². The summed E-state index contributed by atoms with van der Waals surface area (Å²) in [5.41, 5.74) is 2.79. The highest BCUT2D eigenvalue weighted by molar-refractivity contribution is 5.97. The molecule has 0 saturated heterocycles. The van der Waals surface area contributed by atoms with Gasteiger partial charge in [-0.25, -0.2) is 4.58 Å². The van der Waals surface area contributed by atoms with Crippen LogP contribution in [0.5, 0.6) is 0 Å². The number of hydrogen-bond acceptors (Lipinski definition) is 0. The monoisotopic (exact) mass is 239 g/mol. The Morgan fingerprint density at radius 3 is 2.83 bits per heavy atom. The molecule has 0 spiro atoms. The summed E-state index contributed by atoms with van der Waals surface area (Å²) in [6.45, 7) is 1.03. The molecule has 1 aliphatic heterocycles. The van der Waals surface area contributed by atoms with Gasteiger partial charge in [0.25, 0.3) is 0 Å². The zero-order valence-electron chi connectivity index (χ0n) is 10.7. The molecule has 1 saturated carbocycles. The molecule has 0 amide bonds. The van der Waals surface area contributed by atoms with Crippen molar-refractivity contribution in [3.63, 3.8) is 0 Å². The van der Waals surface area contributed by atoms with Gasteiger partial charge < -0.3 is 0 Å². The summed E-state index contributed by atoms with van der Waals surface area (Å²) in [5, 5.41) is 1.37. The quantitative estimate of drug-likeness (QED) is 0.674. The number of benzene rings is 1. The van der Waals surface area contributed by atoms with Gasteiger partial charge in [-0.2, -0.15) is 0 Å². The molecule has 1 aromatic carbocycles. The van der Waals surface area contributed by atoms with Gasteiger partial charge in [0.15, 0.2) is 12.3 Å². The van der Waals surface area contributed by atoms with Crippen LogP contribution in [0.2, 0.25) is 0 Å². The van der Waals surface area contributed by atoms with Crippen LogP contribution < -0.4 is 0 Å². The first kappa shape index (κ1) is 10.4. The van der Waals surface area contributed by atoms with Crippen LogP contribution in [-0.4, -0.2) is 21.4 Å². The van der Waals surface area contributed by atoms with Gasteiger partial charge in [-0.05, 0) is 25.0 Å². The Balaban J connectivity index is 1.78. The number of aromatic nitrogens is 1. The summed E-state index contributed by atoms with van der Waals surface area (Å²) in [7, 11) is 0. The van der Waals surface area contributed by atoms with Crippen molar-refractivity contribution in [1.82, 2.24) is 4.57 Å². The molecule has 2 nitrogen and oxygen atoms in total. The summed E-state index contributed by atoms with van der Waals surface area (Å²) < 4.78 is 4.96. The van der Waals surface area contributed by atoms with Gasteiger partial charge in [-0.1, -0.05) is 18.6 Å². The van der Waals surface area contributed by atoms with Crippen LogP contribution in [-0.2, 0) is 6.67 Å². The Bertz CT molecular complexity index is 615.